The van der Waals surface area contributed by atoms with E-state index in [2.05, 4.69) is 10.4 Å². The van der Waals surface area contributed by atoms with Crippen molar-refractivity contribution in [3.8, 4) is 5.69 Å². The van der Waals surface area contributed by atoms with Gasteiger partial charge in [0, 0.05) is 17.5 Å². The summed E-state index contributed by atoms with van der Waals surface area (Å²) in [5.74, 6) is 0.750. The molecule has 0 unspecified atom stereocenters. The van der Waals surface area contributed by atoms with Crippen LogP contribution in [0.4, 0.5) is 0 Å². The van der Waals surface area contributed by atoms with Crippen molar-refractivity contribution < 1.29 is 4.79 Å². The molecule has 8 heteroatoms. The van der Waals surface area contributed by atoms with Crippen LogP contribution < -0.4 is 11.0 Å². The van der Waals surface area contributed by atoms with Gasteiger partial charge in [-0.25, -0.2) is 14.0 Å². The van der Waals surface area contributed by atoms with Crippen LogP contribution in [0.2, 0.25) is 10.0 Å². The number of amides is 1. The number of benzene rings is 2. The molecule has 0 spiro atoms. The molecular weight excluding hydrogens is 399 g/mol. The van der Waals surface area contributed by atoms with Gasteiger partial charge in [-0.3, -0.25) is 4.79 Å². The molecule has 0 aliphatic heterocycles. The highest BCUT2D eigenvalue weighted by atomic mass is 35.5. The average Bonchev–Trinajstić information content (AvgIpc) is 3.49. The molecule has 144 valence electrons. The lowest BCUT2D eigenvalue weighted by atomic mass is 10.2. The highest BCUT2D eigenvalue weighted by molar-refractivity contribution is 6.35. The van der Waals surface area contributed by atoms with Gasteiger partial charge in [-0.1, -0.05) is 41.4 Å². The maximum absolute atomic E-state index is 12.9. The zero-order valence-corrected chi connectivity index (χ0v) is 16.5. The van der Waals surface area contributed by atoms with Gasteiger partial charge in [0.15, 0.2) is 0 Å². The monoisotopic (exact) mass is 416 g/mol. The Balaban J connectivity index is 1.51. The Labute approximate surface area is 171 Å². The first-order valence-corrected chi connectivity index (χ1v) is 9.78. The molecule has 1 amide bonds. The van der Waals surface area contributed by atoms with Crippen LogP contribution >= 0.6 is 23.2 Å². The van der Waals surface area contributed by atoms with Crippen molar-refractivity contribution in [2.75, 3.05) is 6.54 Å². The third-order valence-corrected chi connectivity index (χ3v) is 5.17. The second-order valence-corrected chi connectivity index (χ2v) is 7.53. The van der Waals surface area contributed by atoms with Crippen LogP contribution in [0, 0.1) is 0 Å². The third-order valence-electron chi connectivity index (χ3n) is 4.60. The number of carbonyl (C=O) groups excluding carboxylic acids is 1. The molecule has 6 nitrogen and oxygen atoms in total. The maximum Gasteiger partial charge on any atom is 0.350 e. The summed E-state index contributed by atoms with van der Waals surface area (Å²) in [6, 6.07) is 14.2. The number of aromatic nitrogens is 3. The van der Waals surface area contributed by atoms with Crippen molar-refractivity contribution in [2.45, 2.75) is 25.3 Å². The highest BCUT2D eigenvalue weighted by Gasteiger charge is 2.31. The molecule has 1 aliphatic rings. The molecule has 4 rings (SSSR count). The minimum Gasteiger partial charge on any atom is -0.350 e. The van der Waals surface area contributed by atoms with Crippen LogP contribution in [0.25, 0.3) is 5.69 Å². The largest absolute Gasteiger partial charge is 0.350 e. The van der Waals surface area contributed by atoms with Crippen molar-refractivity contribution in [3.63, 3.8) is 0 Å². The number of para-hydroxylation sites is 1. The molecule has 0 bridgehead atoms. The van der Waals surface area contributed by atoms with Crippen LogP contribution in [0.5, 0.6) is 0 Å². The summed E-state index contributed by atoms with van der Waals surface area (Å²) in [6.07, 6.45) is 2.07. The van der Waals surface area contributed by atoms with Gasteiger partial charge in [-0.15, -0.1) is 0 Å². The number of rotatable bonds is 6. The lowest BCUT2D eigenvalue weighted by Gasteiger charge is -2.07. The van der Waals surface area contributed by atoms with Gasteiger partial charge in [0.2, 0.25) is 0 Å². The molecule has 1 aromatic heterocycles. The van der Waals surface area contributed by atoms with Crippen LogP contribution in [0.3, 0.4) is 0 Å². The Morgan fingerprint density at radius 3 is 2.61 bits per heavy atom. The summed E-state index contributed by atoms with van der Waals surface area (Å²) in [6.45, 7) is 0.514. The molecule has 1 fully saturated rings. The molecular formula is C20H18Cl2N4O2. The quantitative estimate of drug-likeness (QED) is 0.666. The maximum atomic E-state index is 12.9. The molecule has 0 atom stereocenters. The number of nitrogens with zero attached hydrogens (tertiary/aromatic N) is 3. The molecule has 0 saturated heterocycles. The molecule has 28 heavy (non-hydrogen) atoms. The lowest BCUT2D eigenvalue weighted by Crippen LogP contribution is -2.32. The van der Waals surface area contributed by atoms with Gasteiger partial charge in [-0.05, 0) is 43.2 Å². The van der Waals surface area contributed by atoms with Crippen molar-refractivity contribution in [3.05, 3.63) is 80.4 Å². The first-order chi connectivity index (χ1) is 13.5. The van der Waals surface area contributed by atoms with E-state index in [0.29, 0.717) is 21.5 Å². The van der Waals surface area contributed by atoms with Gasteiger partial charge in [-0.2, -0.15) is 5.10 Å². The van der Waals surface area contributed by atoms with Crippen LogP contribution in [0.1, 0.15) is 34.9 Å². The first kappa shape index (κ1) is 18.8. The van der Waals surface area contributed by atoms with Crippen LogP contribution in [0.15, 0.2) is 53.3 Å². The minimum absolute atomic E-state index is 0.205. The standard InChI is InChI=1S/C20H18Cl2N4O2/c21-14-8-9-17(22)16(12-14)19(27)23-10-11-25-20(28)26(15-4-2-1-3-5-15)18(24-25)13-6-7-13/h1-5,8-9,12-13H,6-7,10-11H2,(H,23,27). The van der Waals surface area contributed by atoms with Gasteiger partial charge in [0.1, 0.15) is 5.82 Å². The Bertz CT molecular complexity index is 1070. The number of hydrogen-bond acceptors (Lipinski definition) is 3. The fraction of sp³-hybridized carbons (Fsp3) is 0.250. The average molecular weight is 417 g/mol. The van der Waals surface area contributed by atoms with E-state index in [-0.39, 0.29) is 24.7 Å². The van der Waals surface area contributed by atoms with Gasteiger partial charge in [0.25, 0.3) is 5.91 Å². The lowest BCUT2D eigenvalue weighted by molar-refractivity contribution is 0.0952. The van der Waals surface area contributed by atoms with E-state index < -0.39 is 0 Å². The smallest absolute Gasteiger partial charge is 0.350 e. The normalized spacial score (nSPS) is 13.5. The number of nitrogens with one attached hydrogen (secondary N) is 1. The summed E-state index contributed by atoms with van der Waals surface area (Å²) in [4.78, 5) is 25.2. The summed E-state index contributed by atoms with van der Waals surface area (Å²) < 4.78 is 3.06. The van der Waals surface area contributed by atoms with E-state index in [1.54, 1.807) is 16.7 Å². The molecule has 1 aliphatic carbocycles. The van der Waals surface area contributed by atoms with Gasteiger partial charge in [0.05, 0.1) is 22.8 Å². The predicted octanol–water partition coefficient (Wildman–Crippen LogP) is 3.65. The minimum atomic E-state index is -0.342. The first-order valence-electron chi connectivity index (χ1n) is 9.03. The molecule has 0 radical (unpaired) electrons. The summed E-state index contributed by atoms with van der Waals surface area (Å²) in [5, 5.41) is 8.04. The van der Waals surface area contributed by atoms with E-state index in [1.165, 1.54) is 10.7 Å². The number of hydrogen-bond donors (Lipinski definition) is 1. The summed E-state index contributed by atoms with van der Waals surface area (Å²) in [5.41, 5.74) is 0.897. The van der Waals surface area contributed by atoms with E-state index in [1.807, 2.05) is 30.3 Å². The third kappa shape index (κ3) is 3.84. The zero-order chi connectivity index (χ0) is 19.7. The van der Waals surface area contributed by atoms with Crippen molar-refractivity contribution in [1.29, 1.82) is 0 Å². The van der Waals surface area contributed by atoms with E-state index in [9.17, 15) is 9.59 Å². The summed E-state index contributed by atoms with van der Waals surface area (Å²) >= 11 is 12.0. The summed E-state index contributed by atoms with van der Waals surface area (Å²) in [7, 11) is 0. The predicted molar refractivity (Wildman–Crippen MR) is 109 cm³/mol. The van der Waals surface area contributed by atoms with E-state index in [4.69, 9.17) is 23.2 Å². The highest BCUT2D eigenvalue weighted by Crippen LogP contribution is 2.39. The Morgan fingerprint density at radius 1 is 1.14 bits per heavy atom. The Hall–Kier alpha value is -2.57. The fourth-order valence-electron chi connectivity index (χ4n) is 3.04. The van der Waals surface area contributed by atoms with E-state index >= 15 is 0 Å². The Kier molecular flexibility index (Phi) is 5.24. The molecule has 2 aromatic carbocycles. The Morgan fingerprint density at radius 2 is 1.89 bits per heavy atom. The topological polar surface area (TPSA) is 68.9 Å². The van der Waals surface area contributed by atoms with Crippen molar-refractivity contribution >= 4 is 29.1 Å². The number of halogens is 2. The van der Waals surface area contributed by atoms with Crippen LogP contribution in [-0.4, -0.2) is 26.8 Å². The van der Waals surface area contributed by atoms with E-state index in [0.717, 1.165) is 24.4 Å². The molecule has 1 saturated carbocycles. The molecule has 1 heterocycles. The number of carbonyl (C=O) groups is 1. The van der Waals surface area contributed by atoms with Crippen molar-refractivity contribution in [1.82, 2.24) is 19.7 Å². The van der Waals surface area contributed by atoms with Gasteiger partial charge >= 0.3 is 5.69 Å². The van der Waals surface area contributed by atoms with Gasteiger partial charge < -0.3 is 5.32 Å². The molecule has 1 N–H and O–H groups in total. The SMILES string of the molecule is O=C(NCCn1nc(C2CC2)n(-c2ccccc2)c1=O)c1cc(Cl)ccc1Cl. The second kappa shape index (κ2) is 7.81. The second-order valence-electron chi connectivity index (χ2n) is 6.69. The van der Waals surface area contributed by atoms with Crippen molar-refractivity contribution in [2.24, 2.45) is 0 Å². The fourth-order valence-corrected chi connectivity index (χ4v) is 3.41. The molecule has 3 aromatic rings. The van der Waals surface area contributed by atoms with Crippen LogP contribution in [-0.2, 0) is 6.54 Å². The zero-order valence-electron chi connectivity index (χ0n) is 14.9.